The maximum absolute atomic E-state index is 12.9. The Kier molecular flexibility index (Phi) is 2.63. The Labute approximate surface area is 91.6 Å². The summed E-state index contributed by atoms with van der Waals surface area (Å²) >= 11 is 0. The molecule has 0 saturated heterocycles. The summed E-state index contributed by atoms with van der Waals surface area (Å²) in [6.07, 6.45) is 1.50. The van der Waals surface area contributed by atoms with Crippen molar-refractivity contribution in [1.29, 1.82) is 0 Å². The fraction of sp³-hybridized carbons (Fsp3) is 0.364. The fourth-order valence-electron chi connectivity index (χ4n) is 1.51. The van der Waals surface area contributed by atoms with E-state index in [0.717, 1.165) is 25.0 Å². The quantitative estimate of drug-likeness (QED) is 0.823. The van der Waals surface area contributed by atoms with E-state index in [1.165, 1.54) is 6.07 Å². The highest BCUT2D eigenvalue weighted by Crippen LogP contribution is 2.45. The number of nitrogens with one attached hydrogen (secondary N) is 1. The van der Waals surface area contributed by atoms with Gasteiger partial charge in [0.1, 0.15) is 0 Å². The van der Waals surface area contributed by atoms with Crippen molar-refractivity contribution in [3.05, 3.63) is 29.8 Å². The summed E-state index contributed by atoms with van der Waals surface area (Å²) in [7, 11) is 0. The minimum atomic E-state index is -0.976. The number of halogens is 2. The molecule has 1 fully saturated rings. The Morgan fingerprint density at radius 3 is 2.56 bits per heavy atom. The molecule has 1 saturated carbocycles. The second-order valence-corrected chi connectivity index (χ2v) is 4.07. The van der Waals surface area contributed by atoms with Crippen molar-refractivity contribution in [2.45, 2.75) is 12.8 Å². The average molecular weight is 226 g/mol. The molecule has 86 valence electrons. The summed E-state index contributed by atoms with van der Waals surface area (Å²) in [6, 6.07) is 3.26. The van der Waals surface area contributed by atoms with E-state index < -0.39 is 17.0 Å². The van der Waals surface area contributed by atoms with E-state index in [0.29, 0.717) is 0 Å². The molecule has 2 rings (SSSR count). The molecule has 3 nitrogen and oxygen atoms in total. The molecule has 0 heterocycles. The number of benzene rings is 1. The molecule has 0 aromatic heterocycles. The van der Waals surface area contributed by atoms with Crippen LogP contribution in [0.3, 0.4) is 0 Å². The number of rotatable bonds is 3. The normalized spacial score (nSPS) is 16.9. The first kappa shape index (κ1) is 11.0. The van der Waals surface area contributed by atoms with Gasteiger partial charge in [-0.1, -0.05) is 0 Å². The smallest absolute Gasteiger partial charge is 0.231 e. The van der Waals surface area contributed by atoms with Gasteiger partial charge in [-0.3, -0.25) is 4.79 Å². The van der Waals surface area contributed by atoms with Gasteiger partial charge in [0.25, 0.3) is 0 Å². The lowest BCUT2D eigenvalue weighted by Gasteiger charge is -2.12. The average Bonchev–Trinajstić information content (AvgIpc) is 3.04. The summed E-state index contributed by atoms with van der Waals surface area (Å²) in [5.74, 6) is -2.13. The topological polar surface area (TPSA) is 55.1 Å². The van der Waals surface area contributed by atoms with E-state index in [4.69, 9.17) is 5.73 Å². The van der Waals surface area contributed by atoms with Gasteiger partial charge in [-0.25, -0.2) is 8.78 Å². The molecule has 16 heavy (non-hydrogen) atoms. The molecule has 1 aliphatic rings. The summed E-state index contributed by atoms with van der Waals surface area (Å²) in [5.41, 5.74) is 5.24. The highest BCUT2D eigenvalue weighted by molar-refractivity contribution is 5.97. The molecule has 1 amide bonds. The highest BCUT2D eigenvalue weighted by Gasteiger charge is 2.48. The van der Waals surface area contributed by atoms with Gasteiger partial charge < -0.3 is 11.1 Å². The molecular weight excluding hydrogens is 214 g/mol. The van der Waals surface area contributed by atoms with E-state index in [-0.39, 0.29) is 18.1 Å². The first-order valence-corrected chi connectivity index (χ1v) is 5.04. The number of hydrogen-bond donors (Lipinski definition) is 2. The molecule has 0 spiro atoms. The highest BCUT2D eigenvalue weighted by atomic mass is 19.2. The zero-order valence-electron chi connectivity index (χ0n) is 8.59. The number of carbonyl (C=O) groups is 1. The van der Waals surface area contributed by atoms with Crippen LogP contribution in [0.4, 0.5) is 14.5 Å². The van der Waals surface area contributed by atoms with Crippen molar-refractivity contribution in [2.75, 3.05) is 11.9 Å². The summed E-state index contributed by atoms with van der Waals surface area (Å²) in [6.45, 7) is 0.280. The minimum Gasteiger partial charge on any atom is -0.329 e. The molecule has 0 aliphatic heterocycles. The SMILES string of the molecule is NCC1(C(=O)Nc2ccc(F)c(F)c2)CC1. The van der Waals surface area contributed by atoms with Crippen LogP contribution in [0.5, 0.6) is 0 Å². The van der Waals surface area contributed by atoms with Gasteiger partial charge in [0, 0.05) is 18.3 Å². The largest absolute Gasteiger partial charge is 0.329 e. The van der Waals surface area contributed by atoms with Crippen LogP contribution in [0.1, 0.15) is 12.8 Å². The Morgan fingerprint density at radius 2 is 2.06 bits per heavy atom. The van der Waals surface area contributed by atoms with E-state index in [2.05, 4.69) is 5.32 Å². The maximum atomic E-state index is 12.9. The Balaban J connectivity index is 2.09. The summed E-state index contributed by atoms with van der Waals surface area (Å²) in [4.78, 5) is 11.7. The van der Waals surface area contributed by atoms with Gasteiger partial charge in [0.05, 0.1) is 5.41 Å². The van der Waals surface area contributed by atoms with Crippen LogP contribution in [0, 0.1) is 17.0 Å². The third kappa shape index (κ3) is 1.90. The molecule has 1 aliphatic carbocycles. The summed E-state index contributed by atoms with van der Waals surface area (Å²) < 4.78 is 25.5. The lowest BCUT2D eigenvalue weighted by atomic mass is 10.1. The van der Waals surface area contributed by atoms with Crippen LogP contribution in [0.2, 0.25) is 0 Å². The number of amides is 1. The molecule has 1 aromatic rings. The van der Waals surface area contributed by atoms with Gasteiger partial charge in [-0.15, -0.1) is 0 Å². The van der Waals surface area contributed by atoms with E-state index in [1.807, 2.05) is 0 Å². The fourth-order valence-corrected chi connectivity index (χ4v) is 1.51. The van der Waals surface area contributed by atoms with Crippen molar-refractivity contribution < 1.29 is 13.6 Å². The molecule has 0 radical (unpaired) electrons. The molecular formula is C11H12F2N2O. The van der Waals surface area contributed by atoms with Crippen LogP contribution >= 0.6 is 0 Å². The minimum absolute atomic E-state index is 0.221. The zero-order chi connectivity index (χ0) is 11.8. The van der Waals surface area contributed by atoms with Gasteiger partial charge in [-0.2, -0.15) is 0 Å². The van der Waals surface area contributed by atoms with Crippen LogP contribution in [-0.2, 0) is 4.79 Å². The monoisotopic (exact) mass is 226 g/mol. The number of nitrogens with two attached hydrogens (primary N) is 1. The lowest BCUT2D eigenvalue weighted by Crippen LogP contribution is -2.30. The Morgan fingerprint density at radius 1 is 1.38 bits per heavy atom. The van der Waals surface area contributed by atoms with Crippen molar-refractivity contribution in [2.24, 2.45) is 11.1 Å². The van der Waals surface area contributed by atoms with Crippen molar-refractivity contribution in [3.8, 4) is 0 Å². The molecule has 3 N–H and O–H groups in total. The molecule has 5 heteroatoms. The second-order valence-electron chi connectivity index (χ2n) is 4.07. The van der Waals surface area contributed by atoms with Gasteiger partial charge in [0.15, 0.2) is 11.6 Å². The van der Waals surface area contributed by atoms with Crippen LogP contribution in [0.15, 0.2) is 18.2 Å². The maximum Gasteiger partial charge on any atom is 0.231 e. The predicted octanol–water partition coefficient (Wildman–Crippen LogP) is 1.64. The zero-order valence-corrected chi connectivity index (χ0v) is 8.59. The Hall–Kier alpha value is -1.49. The molecule has 1 aromatic carbocycles. The standard InChI is InChI=1S/C11H12F2N2O/c12-8-2-1-7(5-9(8)13)15-10(16)11(6-14)3-4-11/h1-2,5H,3-4,6,14H2,(H,15,16). The van der Waals surface area contributed by atoms with Gasteiger partial charge in [-0.05, 0) is 25.0 Å². The summed E-state index contributed by atoms with van der Waals surface area (Å²) in [5, 5.41) is 2.54. The van der Waals surface area contributed by atoms with E-state index in [1.54, 1.807) is 0 Å². The third-order valence-electron chi connectivity index (χ3n) is 2.90. The van der Waals surface area contributed by atoms with Crippen molar-refractivity contribution >= 4 is 11.6 Å². The molecule has 0 atom stereocenters. The van der Waals surface area contributed by atoms with Crippen LogP contribution < -0.4 is 11.1 Å². The van der Waals surface area contributed by atoms with Crippen molar-refractivity contribution in [1.82, 2.24) is 0 Å². The van der Waals surface area contributed by atoms with Crippen molar-refractivity contribution in [3.63, 3.8) is 0 Å². The number of hydrogen-bond acceptors (Lipinski definition) is 2. The second kappa shape index (κ2) is 3.83. The third-order valence-corrected chi connectivity index (χ3v) is 2.90. The molecule has 0 bridgehead atoms. The Bertz CT molecular complexity index is 430. The molecule has 0 unspecified atom stereocenters. The lowest BCUT2D eigenvalue weighted by molar-refractivity contribution is -0.120. The van der Waals surface area contributed by atoms with E-state index >= 15 is 0 Å². The van der Waals surface area contributed by atoms with Gasteiger partial charge in [0.2, 0.25) is 5.91 Å². The van der Waals surface area contributed by atoms with Crippen LogP contribution in [0.25, 0.3) is 0 Å². The number of carbonyl (C=O) groups excluding carboxylic acids is 1. The first-order valence-electron chi connectivity index (χ1n) is 5.04. The van der Waals surface area contributed by atoms with E-state index in [9.17, 15) is 13.6 Å². The van der Waals surface area contributed by atoms with Crippen LogP contribution in [-0.4, -0.2) is 12.5 Å². The first-order chi connectivity index (χ1) is 7.57. The van der Waals surface area contributed by atoms with Gasteiger partial charge >= 0.3 is 0 Å². The number of anilines is 1. The predicted molar refractivity (Wildman–Crippen MR) is 55.7 cm³/mol.